The molecule has 1 N–H and O–H groups in total. The molecule has 4 nitrogen and oxygen atoms in total. The van der Waals surface area contributed by atoms with Crippen LogP contribution in [0.1, 0.15) is 16.7 Å². The van der Waals surface area contributed by atoms with Crippen LogP contribution in [0.5, 0.6) is 0 Å². The van der Waals surface area contributed by atoms with Gasteiger partial charge in [-0.3, -0.25) is 9.59 Å². The number of nitrogens with one attached hydrogen (secondary N) is 1. The maximum absolute atomic E-state index is 11.8. The molecule has 2 rings (SSSR count). The van der Waals surface area contributed by atoms with Crippen LogP contribution in [0.25, 0.3) is 0 Å². The van der Waals surface area contributed by atoms with Crippen LogP contribution in [0.3, 0.4) is 0 Å². The van der Waals surface area contributed by atoms with Crippen LogP contribution in [-0.4, -0.2) is 24.2 Å². The minimum Gasteiger partial charge on any atom is -0.455 e. The Kier molecular flexibility index (Phi) is 7.34. The summed E-state index contributed by atoms with van der Waals surface area (Å²) in [4.78, 5) is 23.6. The molecule has 0 saturated heterocycles. The summed E-state index contributed by atoms with van der Waals surface area (Å²) in [5, 5.41) is 3.39. The van der Waals surface area contributed by atoms with E-state index in [4.69, 9.17) is 16.3 Å². The monoisotopic (exact) mass is 377 g/mol. The average molecular weight is 378 g/mol. The number of halogens is 1. The van der Waals surface area contributed by atoms with E-state index in [-0.39, 0.29) is 18.3 Å². The quantitative estimate of drug-likeness (QED) is 0.728. The molecule has 0 spiro atoms. The molecule has 0 aliphatic carbocycles. The smallest absolute Gasteiger partial charge is 0.316 e. The third-order valence-electron chi connectivity index (χ3n) is 3.59. The number of hydrogen-bond acceptors (Lipinski definition) is 4. The van der Waals surface area contributed by atoms with Crippen LogP contribution in [0.4, 0.5) is 5.69 Å². The third kappa shape index (κ3) is 6.44. The van der Waals surface area contributed by atoms with E-state index in [1.165, 1.54) is 11.8 Å². The molecule has 2 aromatic rings. The van der Waals surface area contributed by atoms with Crippen molar-refractivity contribution in [2.75, 3.05) is 17.7 Å². The number of thioether (sulfide) groups is 1. The second kappa shape index (κ2) is 9.49. The number of esters is 1. The molecule has 25 heavy (non-hydrogen) atoms. The highest BCUT2D eigenvalue weighted by atomic mass is 35.5. The van der Waals surface area contributed by atoms with Gasteiger partial charge in [0.05, 0.1) is 5.75 Å². The number of aryl methyl sites for hydroxylation is 2. The van der Waals surface area contributed by atoms with Crippen molar-refractivity contribution in [1.29, 1.82) is 0 Å². The topological polar surface area (TPSA) is 55.4 Å². The standard InChI is InChI=1S/C19H20ClNO3S/c1-13-7-8-16(9-14(13)2)21-18(22)10-24-19(23)12-25-11-15-5-3-4-6-17(15)20/h3-9H,10-12H2,1-2H3,(H,21,22). The van der Waals surface area contributed by atoms with Crippen molar-refractivity contribution < 1.29 is 14.3 Å². The highest BCUT2D eigenvalue weighted by Crippen LogP contribution is 2.20. The largest absolute Gasteiger partial charge is 0.455 e. The Morgan fingerprint density at radius 3 is 2.60 bits per heavy atom. The van der Waals surface area contributed by atoms with E-state index in [0.29, 0.717) is 16.5 Å². The number of anilines is 1. The van der Waals surface area contributed by atoms with Gasteiger partial charge in [-0.2, -0.15) is 0 Å². The fourth-order valence-corrected chi connectivity index (χ4v) is 3.17. The normalized spacial score (nSPS) is 10.4. The Balaban J connectivity index is 1.69. The zero-order valence-electron chi connectivity index (χ0n) is 14.2. The number of hydrogen-bond donors (Lipinski definition) is 1. The fourth-order valence-electron chi connectivity index (χ4n) is 2.06. The van der Waals surface area contributed by atoms with E-state index >= 15 is 0 Å². The van der Waals surface area contributed by atoms with E-state index in [9.17, 15) is 9.59 Å². The van der Waals surface area contributed by atoms with Crippen molar-refractivity contribution in [2.24, 2.45) is 0 Å². The maximum Gasteiger partial charge on any atom is 0.316 e. The Morgan fingerprint density at radius 1 is 1.12 bits per heavy atom. The number of carbonyl (C=O) groups excluding carboxylic acids is 2. The lowest BCUT2D eigenvalue weighted by molar-refractivity contribution is -0.144. The van der Waals surface area contributed by atoms with E-state index < -0.39 is 5.97 Å². The Morgan fingerprint density at radius 2 is 1.88 bits per heavy atom. The van der Waals surface area contributed by atoms with Crippen molar-refractivity contribution in [1.82, 2.24) is 0 Å². The van der Waals surface area contributed by atoms with Crippen molar-refractivity contribution in [3.8, 4) is 0 Å². The number of ether oxygens (including phenoxy) is 1. The number of rotatable bonds is 7. The van der Waals surface area contributed by atoms with Crippen LogP contribution in [0.15, 0.2) is 42.5 Å². The van der Waals surface area contributed by atoms with Gasteiger partial charge in [-0.1, -0.05) is 35.9 Å². The summed E-state index contributed by atoms with van der Waals surface area (Å²) < 4.78 is 4.99. The van der Waals surface area contributed by atoms with Crippen LogP contribution in [-0.2, 0) is 20.1 Å². The van der Waals surface area contributed by atoms with Crippen molar-refractivity contribution in [2.45, 2.75) is 19.6 Å². The molecule has 0 aromatic heterocycles. The van der Waals surface area contributed by atoms with E-state index in [0.717, 1.165) is 16.7 Å². The minimum absolute atomic E-state index is 0.169. The molecule has 0 aliphatic rings. The van der Waals surface area contributed by atoms with Gasteiger partial charge < -0.3 is 10.1 Å². The molecule has 2 aromatic carbocycles. The SMILES string of the molecule is Cc1ccc(NC(=O)COC(=O)CSCc2ccccc2Cl)cc1C. The highest BCUT2D eigenvalue weighted by Gasteiger charge is 2.09. The summed E-state index contributed by atoms with van der Waals surface area (Å²) in [5.41, 5.74) is 3.90. The lowest BCUT2D eigenvalue weighted by atomic mass is 10.1. The van der Waals surface area contributed by atoms with Gasteiger partial charge in [0.25, 0.3) is 5.91 Å². The lowest BCUT2D eigenvalue weighted by Crippen LogP contribution is -2.21. The second-order valence-corrected chi connectivity index (χ2v) is 6.98. The summed E-state index contributed by atoms with van der Waals surface area (Å²) in [6, 6.07) is 13.1. The molecule has 0 heterocycles. The molecule has 1 amide bonds. The Labute approximate surface area is 156 Å². The predicted molar refractivity (Wildman–Crippen MR) is 103 cm³/mol. The van der Waals surface area contributed by atoms with Crippen molar-refractivity contribution >= 4 is 40.9 Å². The molecule has 132 valence electrons. The van der Waals surface area contributed by atoms with Gasteiger partial charge in [0.2, 0.25) is 0 Å². The first-order valence-corrected chi connectivity index (χ1v) is 9.33. The summed E-state index contributed by atoms with van der Waals surface area (Å²) in [6.45, 7) is 3.68. The molecule has 0 bridgehead atoms. The summed E-state index contributed by atoms with van der Waals surface area (Å²) in [6.07, 6.45) is 0. The van der Waals surface area contributed by atoms with E-state index in [1.54, 1.807) is 0 Å². The van der Waals surface area contributed by atoms with Crippen molar-refractivity contribution in [3.63, 3.8) is 0 Å². The first-order valence-electron chi connectivity index (χ1n) is 7.79. The summed E-state index contributed by atoms with van der Waals surface area (Å²) in [7, 11) is 0. The minimum atomic E-state index is -0.424. The van der Waals surface area contributed by atoms with Gasteiger partial charge in [-0.05, 0) is 48.7 Å². The number of carbonyl (C=O) groups is 2. The Bertz CT molecular complexity index is 764. The van der Waals surface area contributed by atoms with E-state index in [2.05, 4.69) is 5.32 Å². The van der Waals surface area contributed by atoms with Gasteiger partial charge >= 0.3 is 5.97 Å². The fraction of sp³-hybridized carbons (Fsp3) is 0.263. The van der Waals surface area contributed by atoms with Gasteiger partial charge in [0, 0.05) is 16.5 Å². The van der Waals surface area contributed by atoms with Crippen LogP contribution in [0, 0.1) is 13.8 Å². The predicted octanol–water partition coefficient (Wildman–Crippen LogP) is 4.37. The molecule has 0 radical (unpaired) electrons. The third-order valence-corrected chi connectivity index (χ3v) is 4.91. The number of benzene rings is 2. The highest BCUT2D eigenvalue weighted by molar-refractivity contribution is 7.99. The first kappa shape index (κ1) is 19.3. The maximum atomic E-state index is 11.8. The van der Waals surface area contributed by atoms with Gasteiger partial charge in [-0.25, -0.2) is 0 Å². The molecule has 6 heteroatoms. The van der Waals surface area contributed by atoms with E-state index in [1.807, 2.05) is 56.3 Å². The van der Waals surface area contributed by atoms with Crippen LogP contribution >= 0.6 is 23.4 Å². The molecule has 0 fully saturated rings. The number of amides is 1. The molecular weight excluding hydrogens is 358 g/mol. The molecule has 0 saturated carbocycles. The molecule has 0 atom stereocenters. The van der Waals surface area contributed by atoms with Gasteiger partial charge in [0.1, 0.15) is 0 Å². The molecule has 0 aliphatic heterocycles. The first-order chi connectivity index (χ1) is 12.0. The van der Waals surface area contributed by atoms with Crippen LogP contribution < -0.4 is 5.32 Å². The zero-order valence-corrected chi connectivity index (χ0v) is 15.7. The molecule has 0 unspecified atom stereocenters. The summed E-state index contributed by atoms with van der Waals surface area (Å²) in [5.74, 6) is 0.00571. The average Bonchev–Trinajstić information content (AvgIpc) is 2.58. The Hall–Kier alpha value is -1.98. The van der Waals surface area contributed by atoms with Crippen molar-refractivity contribution in [3.05, 3.63) is 64.2 Å². The van der Waals surface area contributed by atoms with Gasteiger partial charge in [0.15, 0.2) is 6.61 Å². The second-order valence-electron chi connectivity index (χ2n) is 5.59. The van der Waals surface area contributed by atoms with Gasteiger partial charge in [-0.15, -0.1) is 11.8 Å². The lowest BCUT2D eigenvalue weighted by Gasteiger charge is -2.08. The molecular formula is C19H20ClNO3S. The van der Waals surface area contributed by atoms with Crippen LogP contribution in [0.2, 0.25) is 5.02 Å². The summed E-state index contributed by atoms with van der Waals surface area (Å²) >= 11 is 7.45. The zero-order chi connectivity index (χ0) is 18.2.